The minimum Gasteiger partial charge on any atom is -0.386 e. The molecular formula is C15H20N6O2. The van der Waals surface area contributed by atoms with Crippen LogP contribution in [0.4, 0.5) is 5.95 Å². The van der Waals surface area contributed by atoms with Crippen molar-refractivity contribution in [3.63, 3.8) is 0 Å². The molecule has 1 saturated heterocycles. The van der Waals surface area contributed by atoms with Gasteiger partial charge in [-0.2, -0.15) is 0 Å². The Morgan fingerprint density at radius 1 is 1.39 bits per heavy atom. The molecule has 3 heterocycles. The number of amides is 1. The number of hydrogen-bond donors (Lipinski definition) is 2. The predicted octanol–water partition coefficient (Wildman–Crippen LogP) is -0.0286. The van der Waals surface area contributed by atoms with Gasteiger partial charge in [0.2, 0.25) is 5.95 Å². The van der Waals surface area contributed by atoms with E-state index in [1.165, 1.54) is 0 Å². The fourth-order valence-corrected chi connectivity index (χ4v) is 2.75. The Kier molecular flexibility index (Phi) is 4.24. The van der Waals surface area contributed by atoms with Gasteiger partial charge < -0.3 is 19.9 Å². The summed E-state index contributed by atoms with van der Waals surface area (Å²) in [5.41, 5.74) is -0.655. The monoisotopic (exact) mass is 316 g/mol. The van der Waals surface area contributed by atoms with E-state index in [2.05, 4.69) is 20.3 Å². The summed E-state index contributed by atoms with van der Waals surface area (Å²) in [7, 11) is 1.80. The summed E-state index contributed by atoms with van der Waals surface area (Å²) >= 11 is 0. The Labute approximate surface area is 134 Å². The minimum absolute atomic E-state index is 0.172. The highest BCUT2D eigenvalue weighted by atomic mass is 16.3. The van der Waals surface area contributed by atoms with Gasteiger partial charge >= 0.3 is 0 Å². The van der Waals surface area contributed by atoms with Gasteiger partial charge in [-0.3, -0.25) is 4.79 Å². The standard InChI is InChI=1S/C15H20N6O2/c1-20-8-12(19-11-20)13(22)18-9-15(23)4-2-7-21(10-15)14-16-5-3-6-17-14/h3,5-6,8,11,23H,2,4,7,9-10H2,1H3,(H,18,22)/t15-/m1/s1. The Balaban J connectivity index is 1.61. The molecule has 1 amide bonds. The third kappa shape index (κ3) is 3.65. The van der Waals surface area contributed by atoms with Crippen LogP contribution in [0.2, 0.25) is 0 Å². The molecular weight excluding hydrogens is 296 g/mol. The van der Waals surface area contributed by atoms with Gasteiger partial charge in [0.1, 0.15) is 5.69 Å². The zero-order chi connectivity index (χ0) is 16.3. The number of piperidine rings is 1. The molecule has 0 bridgehead atoms. The molecule has 8 nitrogen and oxygen atoms in total. The lowest BCUT2D eigenvalue weighted by atomic mass is 9.93. The summed E-state index contributed by atoms with van der Waals surface area (Å²) in [5.74, 6) is 0.314. The van der Waals surface area contributed by atoms with Crippen LogP contribution in [0.5, 0.6) is 0 Å². The van der Waals surface area contributed by atoms with Crippen LogP contribution in [0.3, 0.4) is 0 Å². The highest BCUT2D eigenvalue weighted by Gasteiger charge is 2.34. The van der Waals surface area contributed by atoms with E-state index in [0.717, 1.165) is 13.0 Å². The first-order chi connectivity index (χ1) is 11.1. The molecule has 1 atom stereocenters. The molecule has 0 spiro atoms. The predicted molar refractivity (Wildman–Crippen MR) is 84.0 cm³/mol. The molecule has 8 heteroatoms. The highest BCUT2D eigenvalue weighted by Crippen LogP contribution is 2.23. The third-order valence-electron chi connectivity index (χ3n) is 3.91. The number of hydrogen-bond acceptors (Lipinski definition) is 6. The number of carbonyl (C=O) groups excluding carboxylic acids is 1. The molecule has 1 aliphatic rings. The van der Waals surface area contributed by atoms with Crippen molar-refractivity contribution in [1.29, 1.82) is 0 Å². The van der Waals surface area contributed by atoms with E-state index in [-0.39, 0.29) is 12.5 Å². The summed E-state index contributed by atoms with van der Waals surface area (Å²) in [5, 5.41) is 13.5. The maximum atomic E-state index is 12.1. The van der Waals surface area contributed by atoms with E-state index in [4.69, 9.17) is 0 Å². The molecule has 2 N–H and O–H groups in total. The van der Waals surface area contributed by atoms with Gasteiger partial charge in [-0.25, -0.2) is 15.0 Å². The van der Waals surface area contributed by atoms with Crippen LogP contribution < -0.4 is 10.2 Å². The average molecular weight is 316 g/mol. The van der Waals surface area contributed by atoms with Crippen LogP contribution in [-0.2, 0) is 7.05 Å². The first-order valence-electron chi connectivity index (χ1n) is 7.56. The second-order valence-corrected chi connectivity index (χ2v) is 5.91. The molecule has 23 heavy (non-hydrogen) atoms. The number of carbonyl (C=O) groups is 1. The molecule has 2 aromatic rings. The summed E-state index contributed by atoms with van der Waals surface area (Å²) in [6.45, 7) is 1.35. The van der Waals surface area contributed by atoms with Crippen LogP contribution in [-0.4, -0.2) is 55.8 Å². The van der Waals surface area contributed by atoms with E-state index < -0.39 is 5.60 Å². The maximum absolute atomic E-state index is 12.1. The molecule has 0 aliphatic carbocycles. The lowest BCUT2D eigenvalue weighted by Gasteiger charge is -2.39. The Hall–Kier alpha value is -2.48. The number of nitrogens with zero attached hydrogens (tertiary/aromatic N) is 5. The molecule has 0 unspecified atom stereocenters. The molecule has 0 aromatic carbocycles. The average Bonchev–Trinajstić information content (AvgIpc) is 3.00. The van der Waals surface area contributed by atoms with Crippen molar-refractivity contribution in [2.24, 2.45) is 7.05 Å². The van der Waals surface area contributed by atoms with Crippen molar-refractivity contribution in [2.75, 3.05) is 24.5 Å². The molecule has 1 aliphatic heterocycles. The van der Waals surface area contributed by atoms with Crippen LogP contribution in [0.15, 0.2) is 31.0 Å². The second-order valence-electron chi connectivity index (χ2n) is 5.91. The highest BCUT2D eigenvalue weighted by molar-refractivity contribution is 5.92. The second kappa shape index (κ2) is 6.33. The van der Waals surface area contributed by atoms with E-state index in [0.29, 0.717) is 24.6 Å². The summed E-state index contributed by atoms with van der Waals surface area (Å²) < 4.78 is 1.71. The van der Waals surface area contributed by atoms with Crippen molar-refractivity contribution < 1.29 is 9.90 Å². The third-order valence-corrected chi connectivity index (χ3v) is 3.91. The maximum Gasteiger partial charge on any atom is 0.271 e. The van der Waals surface area contributed by atoms with Crippen molar-refractivity contribution in [1.82, 2.24) is 24.8 Å². The zero-order valence-corrected chi connectivity index (χ0v) is 13.0. The summed E-state index contributed by atoms with van der Waals surface area (Å²) in [6, 6.07) is 1.76. The molecule has 122 valence electrons. The topological polar surface area (TPSA) is 96.2 Å². The molecule has 0 saturated carbocycles. The van der Waals surface area contributed by atoms with Gasteiger partial charge in [-0.15, -0.1) is 0 Å². The number of anilines is 1. The van der Waals surface area contributed by atoms with Gasteiger partial charge in [0.05, 0.1) is 18.5 Å². The molecule has 0 radical (unpaired) electrons. The lowest BCUT2D eigenvalue weighted by molar-refractivity contribution is 0.0252. The van der Waals surface area contributed by atoms with E-state index >= 15 is 0 Å². The van der Waals surface area contributed by atoms with E-state index in [1.54, 1.807) is 42.6 Å². The smallest absolute Gasteiger partial charge is 0.271 e. The van der Waals surface area contributed by atoms with Gasteiger partial charge in [-0.05, 0) is 18.9 Å². The first kappa shape index (κ1) is 15.4. The van der Waals surface area contributed by atoms with Crippen LogP contribution in [0.1, 0.15) is 23.3 Å². The molecule has 3 rings (SSSR count). The fourth-order valence-electron chi connectivity index (χ4n) is 2.75. The van der Waals surface area contributed by atoms with E-state index in [9.17, 15) is 9.90 Å². The van der Waals surface area contributed by atoms with Crippen LogP contribution in [0, 0.1) is 0 Å². The number of imidazole rings is 1. The SMILES string of the molecule is Cn1cnc(C(=O)NC[C@]2(O)CCCN(c3ncccn3)C2)c1. The van der Waals surface area contributed by atoms with Gasteiger partial charge in [0, 0.05) is 38.7 Å². The molecule has 2 aromatic heterocycles. The number of aryl methyl sites for hydroxylation is 1. The number of rotatable bonds is 4. The number of nitrogens with one attached hydrogen (secondary N) is 1. The van der Waals surface area contributed by atoms with E-state index in [1.807, 2.05) is 4.90 Å². The molecule has 1 fully saturated rings. The Morgan fingerprint density at radius 3 is 2.87 bits per heavy atom. The zero-order valence-electron chi connectivity index (χ0n) is 13.0. The number of aliphatic hydroxyl groups is 1. The first-order valence-corrected chi connectivity index (χ1v) is 7.56. The normalized spacial score (nSPS) is 21.2. The van der Waals surface area contributed by atoms with Crippen molar-refractivity contribution in [3.05, 3.63) is 36.7 Å². The van der Waals surface area contributed by atoms with Gasteiger partial charge in [0.15, 0.2) is 0 Å². The van der Waals surface area contributed by atoms with Crippen LogP contribution in [0.25, 0.3) is 0 Å². The summed E-state index contributed by atoms with van der Waals surface area (Å²) in [4.78, 5) is 26.4. The summed E-state index contributed by atoms with van der Waals surface area (Å²) in [6.07, 6.45) is 8.01. The Bertz CT molecular complexity index is 674. The van der Waals surface area contributed by atoms with Crippen LogP contribution >= 0.6 is 0 Å². The quantitative estimate of drug-likeness (QED) is 0.822. The minimum atomic E-state index is -0.998. The fraction of sp³-hybridized carbons (Fsp3) is 0.467. The van der Waals surface area contributed by atoms with Gasteiger partial charge in [-0.1, -0.05) is 0 Å². The van der Waals surface area contributed by atoms with Crippen molar-refractivity contribution in [2.45, 2.75) is 18.4 Å². The number of aromatic nitrogens is 4. The van der Waals surface area contributed by atoms with Crippen molar-refractivity contribution in [3.8, 4) is 0 Å². The largest absolute Gasteiger partial charge is 0.386 e. The Morgan fingerprint density at radius 2 is 2.17 bits per heavy atom. The van der Waals surface area contributed by atoms with Crippen molar-refractivity contribution >= 4 is 11.9 Å². The van der Waals surface area contributed by atoms with Gasteiger partial charge in [0.25, 0.3) is 5.91 Å². The lowest BCUT2D eigenvalue weighted by Crippen LogP contribution is -2.54. The number of β-amino-alcohol motifs (C(OH)–C–C–N with tert-alkyl or cyclic N) is 1.